The molecule has 0 spiro atoms. The van der Waals surface area contributed by atoms with Gasteiger partial charge in [-0.3, -0.25) is 0 Å². The summed E-state index contributed by atoms with van der Waals surface area (Å²) >= 11 is 0. The molecule has 0 bridgehead atoms. The number of rotatable bonds is 5. The van der Waals surface area contributed by atoms with Crippen molar-refractivity contribution in [2.45, 2.75) is 39.2 Å². The number of benzene rings is 2. The third-order valence-electron chi connectivity index (χ3n) is 4.36. The first-order chi connectivity index (χ1) is 12.3. The highest BCUT2D eigenvalue weighted by atomic mass is 16.3. The molecule has 1 heterocycles. The number of aliphatic hydroxyl groups is 1. The molecule has 1 aromatic heterocycles. The minimum Gasteiger partial charge on any atom is -0.387 e. The van der Waals surface area contributed by atoms with E-state index in [0.29, 0.717) is 12.5 Å². The van der Waals surface area contributed by atoms with E-state index in [-0.39, 0.29) is 5.41 Å². The van der Waals surface area contributed by atoms with Crippen LogP contribution in [0.15, 0.2) is 48.5 Å². The molecule has 0 saturated heterocycles. The van der Waals surface area contributed by atoms with E-state index in [1.165, 1.54) is 11.1 Å². The molecule has 2 N–H and O–H groups in total. The van der Waals surface area contributed by atoms with E-state index in [1.54, 1.807) is 4.68 Å². The van der Waals surface area contributed by atoms with Crippen molar-refractivity contribution < 1.29 is 5.11 Å². The predicted molar refractivity (Wildman–Crippen MR) is 102 cm³/mol. The Hall–Kier alpha value is -2.73. The van der Waals surface area contributed by atoms with Crippen LogP contribution in [0.1, 0.15) is 43.6 Å². The summed E-state index contributed by atoms with van der Waals surface area (Å²) in [4.78, 5) is 0. The number of hydrogen-bond donors (Lipinski definition) is 2. The lowest BCUT2D eigenvalue weighted by Gasteiger charge is -2.20. The Labute approximate surface area is 153 Å². The summed E-state index contributed by atoms with van der Waals surface area (Å²) in [5.74, 6) is 0.499. The van der Waals surface area contributed by atoms with Crippen molar-refractivity contribution in [1.29, 1.82) is 0 Å². The maximum absolute atomic E-state index is 10.5. The lowest BCUT2D eigenvalue weighted by atomic mass is 9.86. The lowest BCUT2D eigenvalue weighted by molar-refractivity contribution is 0.191. The first-order valence-electron chi connectivity index (χ1n) is 8.72. The van der Waals surface area contributed by atoms with Crippen LogP contribution in [0.4, 0.5) is 5.95 Å². The first kappa shape index (κ1) is 18.1. The Bertz CT molecular complexity index is 847. The van der Waals surface area contributed by atoms with Crippen LogP contribution in [0.2, 0.25) is 0 Å². The minimum absolute atomic E-state index is 0.0951. The highest BCUT2D eigenvalue weighted by molar-refractivity contribution is 5.40. The molecule has 1 atom stereocenters. The van der Waals surface area contributed by atoms with Crippen LogP contribution in [0.3, 0.4) is 0 Å². The number of aryl methyl sites for hydroxylation is 1. The summed E-state index contributed by atoms with van der Waals surface area (Å²) < 4.78 is 1.62. The van der Waals surface area contributed by atoms with Gasteiger partial charge in [0.15, 0.2) is 0 Å². The second-order valence-corrected chi connectivity index (χ2v) is 7.52. The zero-order valence-electron chi connectivity index (χ0n) is 15.6. The topological polar surface area (TPSA) is 75.9 Å². The van der Waals surface area contributed by atoms with Crippen LogP contribution in [0.25, 0.3) is 5.69 Å². The van der Waals surface area contributed by atoms with Gasteiger partial charge in [-0.15, -0.1) is 0 Å². The lowest BCUT2D eigenvalue weighted by Crippen LogP contribution is -2.16. The molecule has 2 aromatic carbocycles. The van der Waals surface area contributed by atoms with Gasteiger partial charge in [0.05, 0.1) is 11.8 Å². The number of nitrogens with one attached hydrogen (secondary N) is 1. The SMILES string of the molecule is Cc1ccc(-n2nnnc2NCC(O)c2ccc(C(C)(C)C)cc2)cc1. The maximum Gasteiger partial charge on any atom is 0.247 e. The molecular formula is C20H25N5O. The molecular weight excluding hydrogens is 326 g/mol. The third-order valence-corrected chi connectivity index (χ3v) is 4.36. The highest BCUT2D eigenvalue weighted by Gasteiger charge is 2.15. The number of tetrazole rings is 1. The molecule has 0 radical (unpaired) electrons. The van der Waals surface area contributed by atoms with E-state index in [2.05, 4.69) is 53.7 Å². The summed E-state index contributed by atoms with van der Waals surface area (Å²) in [6.07, 6.45) is -0.646. The first-order valence-corrected chi connectivity index (χ1v) is 8.72. The van der Waals surface area contributed by atoms with Crippen LogP contribution in [0, 0.1) is 6.92 Å². The van der Waals surface area contributed by atoms with Gasteiger partial charge in [0.2, 0.25) is 5.95 Å². The van der Waals surface area contributed by atoms with Crippen molar-refractivity contribution >= 4 is 5.95 Å². The number of anilines is 1. The Morgan fingerprint density at radius 2 is 1.69 bits per heavy atom. The van der Waals surface area contributed by atoms with Gasteiger partial charge in [-0.25, -0.2) is 0 Å². The number of aliphatic hydroxyl groups excluding tert-OH is 1. The quantitative estimate of drug-likeness (QED) is 0.737. The summed E-state index contributed by atoms with van der Waals surface area (Å²) in [5, 5.41) is 25.3. The van der Waals surface area contributed by atoms with Gasteiger partial charge in [0.25, 0.3) is 0 Å². The molecule has 0 amide bonds. The van der Waals surface area contributed by atoms with Gasteiger partial charge in [0, 0.05) is 6.54 Å². The van der Waals surface area contributed by atoms with Crippen LogP contribution in [-0.2, 0) is 5.41 Å². The Kier molecular flexibility index (Phi) is 5.04. The van der Waals surface area contributed by atoms with Crippen LogP contribution in [-0.4, -0.2) is 31.9 Å². The second-order valence-electron chi connectivity index (χ2n) is 7.52. The molecule has 136 valence electrons. The second kappa shape index (κ2) is 7.25. The number of aromatic nitrogens is 4. The smallest absolute Gasteiger partial charge is 0.247 e. The molecule has 3 rings (SSSR count). The van der Waals surface area contributed by atoms with Gasteiger partial charge >= 0.3 is 0 Å². The Morgan fingerprint density at radius 1 is 1.04 bits per heavy atom. The zero-order chi connectivity index (χ0) is 18.7. The van der Waals surface area contributed by atoms with Gasteiger partial charge in [-0.05, 0) is 46.0 Å². The van der Waals surface area contributed by atoms with E-state index in [4.69, 9.17) is 0 Å². The standard InChI is InChI=1S/C20H25N5O/c1-14-5-11-17(12-6-14)25-19(22-23-24-25)21-13-18(26)15-7-9-16(10-8-15)20(2,3)4/h5-12,18,26H,13H2,1-4H3,(H,21,22,24). The zero-order valence-corrected chi connectivity index (χ0v) is 15.6. The van der Waals surface area contributed by atoms with Gasteiger partial charge in [0.1, 0.15) is 0 Å². The average molecular weight is 351 g/mol. The van der Waals surface area contributed by atoms with Gasteiger partial charge in [-0.1, -0.05) is 67.8 Å². The van der Waals surface area contributed by atoms with Crippen molar-refractivity contribution in [1.82, 2.24) is 20.2 Å². The third kappa shape index (κ3) is 4.08. The number of hydrogen-bond acceptors (Lipinski definition) is 5. The molecule has 26 heavy (non-hydrogen) atoms. The Morgan fingerprint density at radius 3 is 2.31 bits per heavy atom. The maximum atomic E-state index is 10.5. The molecule has 6 heteroatoms. The van der Waals surface area contributed by atoms with Crippen LogP contribution < -0.4 is 5.32 Å². The van der Waals surface area contributed by atoms with E-state index in [9.17, 15) is 5.11 Å². The molecule has 0 aliphatic rings. The highest BCUT2D eigenvalue weighted by Crippen LogP contribution is 2.24. The van der Waals surface area contributed by atoms with Crippen molar-refractivity contribution in [3.8, 4) is 5.69 Å². The fraction of sp³-hybridized carbons (Fsp3) is 0.350. The summed E-state index contributed by atoms with van der Waals surface area (Å²) in [6.45, 7) is 8.87. The molecule has 0 aliphatic heterocycles. The summed E-state index contributed by atoms with van der Waals surface area (Å²) in [7, 11) is 0. The fourth-order valence-electron chi connectivity index (χ4n) is 2.67. The van der Waals surface area contributed by atoms with Gasteiger partial charge in [-0.2, -0.15) is 4.68 Å². The van der Waals surface area contributed by atoms with E-state index >= 15 is 0 Å². The summed E-state index contributed by atoms with van der Waals surface area (Å²) in [6, 6.07) is 16.0. The normalized spacial score (nSPS) is 12.8. The molecule has 3 aromatic rings. The molecule has 0 aliphatic carbocycles. The van der Waals surface area contributed by atoms with E-state index in [1.807, 2.05) is 43.3 Å². The number of nitrogens with zero attached hydrogens (tertiary/aromatic N) is 4. The predicted octanol–water partition coefficient (Wildman–Crippen LogP) is 3.41. The van der Waals surface area contributed by atoms with Crippen molar-refractivity contribution in [3.63, 3.8) is 0 Å². The van der Waals surface area contributed by atoms with E-state index < -0.39 is 6.10 Å². The van der Waals surface area contributed by atoms with Gasteiger partial charge < -0.3 is 10.4 Å². The fourth-order valence-corrected chi connectivity index (χ4v) is 2.67. The van der Waals surface area contributed by atoms with Crippen LogP contribution in [0.5, 0.6) is 0 Å². The largest absolute Gasteiger partial charge is 0.387 e. The van der Waals surface area contributed by atoms with Crippen LogP contribution >= 0.6 is 0 Å². The Balaban J connectivity index is 1.68. The van der Waals surface area contributed by atoms with Crippen molar-refractivity contribution in [2.75, 3.05) is 11.9 Å². The molecule has 6 nitrogen and oxygen atoms in total. The monoisotopic (exact) mass is 351 g/mol. The molecule has 0 fully saturated rings. The summed E-state index contributed by atoms with van der Waals surface area (Å²) in [5.41, 5.74) is 4.24. The minimum atomic E-state index is -0.646. The molecule has 0 saturated carbocycles. The average Bonchev–Trinajstić information content (AvgIpc) is 3.08. The van der Waals surface area contributed by atoms with Crippen molar-refractivity contribution in [2.24, 2.45) is 0 Å². The van der Waals surface area contributed by atoms with E-state index in [0.717, 1.165) is 11.3 Å². The molecule has 1 unspecified atom stereocenters. The van der Waals surface area contributed by atoms with Crippen molar-refractivity contribution in [3.05, 3.63) is 65.2 Å².